The summed E-state index contributed by atoms with van der Waals surface area (Å²) >= 11 is 0. The Kier molecular flexibility index (Phi) is 5.21. The largest absolute Gasteiger partial charge is 0.507 e. The van der Waals surface area contributed by atoms with Crippen LogP contribution in [-0.4, -0.2) is 53.4 Å². The van der Waals surface area contributed by atoms with Crippen LogP contribution in [0.25, 0.3) is 10.8 Å². The molecule has 5 heteroatoms. The van der Waals surface area contributed by atoms with Gasteiger partial charge in [-0.25, -0.2) is 0 Å². The van der Waals surface area contributed by atoms with Crippen LogP contribution in [0.3, 0.4) is 0 Å². The van der Waals surface area contributed by atoms with Crippen molar-refractivity contribution in [3.05, 3.63) is 42.0 Å². The van der Waals surface area contributed by atoms with E-state index in [1.807, 2.05) is 38.1 Å². The van der Waals surface area contributed by atoms with Crippen LogP contribution >= 0.6 is 0 Å². The van der Waals surface area contributed by atoms with Gasteiger partial charge in [-0.15, -0.1) is 0 Å². The van der Waals surface area contributed by atoms with Crippen molar-refractivity contribution in [3.63, 3.8) is 0 Å². The maximum Gasteiger partial charge on any atom is 0.257 e. The predicted molar refractivity (Wildman–Crippen MR) is 90.5 cm³/mol. The van der Waals surface area contributed by atoms with Crippen LogP contribution in [0.1, 0.15) is 24.2 Å². The van der Waals surface area contributed by atoms with Gasteiger partial charge in [0.15, 0.2) is 0 Å². The molecule has 1 N–H and O–H groups in total. The number of fused-ring (bicyclic) bond motifs is 1. The number of nitrogens with zero attached hydrogens (tertiary/aromatic N) is 2. The molecule has 0 spiro atoms. The van der Waals surface area contributed by atoms with Gasteiger partial charge in [0.05, 0.1) is 12.1 Å². The third-order valence-electron chi connectivity index (χ3n) is 3.93. The summed E-state index contributed by atoms with van der Waals surface area (Å²) < 4.78 is 0. The van der Waals surface area contributed by atoms with E-state index in [4.69, 9.17) is 0 Å². The molecule has 2 amide bonds. The highest BCUT2D eigenvalue weighted by molar-refractivity contribution is 6.02. The van der Waals surface area contributed by atoms with Crippen molar-refractivity contribution in [2.45, 2.75) is 13.8 Å². The molecule has 0 aromatic heterocycles. The molecule has 23 heavy (non-hydrogen) atoms. The second-order valence-corrected chi connectivity index (χ2v) is 5.44. The number of amides is 2. The molecule has 0 bridgehead atoms. The van der Waals surface area contributed by atoms with E-state index in [1.54, 1.807) is 24.1 Å². The van der Waals surface area contributed by atoms with Gasteiger partial charge in [-0.2, -0.15) is 0 Å². The second-order valence-electron chi connectivity index (χ2n) is 5.44. The molecule has 2 rings (SSSR count). The summed E-state index contributed by atoms with van der Waals surface area (Å²) in [5.41, 5.74) is 0.207. The van der Waals surface area contributed by atoms with Gasteiger partial charge in [-0.05, 0) is 36.8 Å². The summed E-state index contributed by atoms with van der Waals surface area (Å²) in [5.74, 6) is -0.546. The molecule has 0 fully saturated rings. The second kappa shape index (κ2) is 7.13. The monoisotopic (exact) mass is 314 g/mol. The van der Waals surface area contributed by atoms with Crippen molar-refractivity contribution >= 4 is 22.6 Å². The van der Waals surface area contributed by atoms with Gasteiger partial charge in [0.2, 0.25) is 5.91 Å². The van der Waals surface area contributed by atoms with Gasteiger partial charge < -0.3 is 14.9 Å². The van der Waals surface area contributed by atoms with E-state index < -0.39 is 0 Å². The number of carbonyl (C=O) groups is 2. The Hall–Kier alpha value is -2.56. The average molecular weight is 314 g/mol. The number of phenols is 1. The minimum atomic E-state index is -0.367. The van der Waals surface area contributed by atoms with E-state index in [2.05, 4.69) is 0 Å². The molecule has 0 aliphatic heterocycles. The van der Waals surface area contributed by atoms with Gasteiger partial charge >= 0.3 is 0 Å². The van der Waals surface area contributed by atoms with E-state index in [1.165, 1.54) is 4.90 Å². The number of hydrogen-bond donors (Lipinski definition) is 1. The van der Waals surface area contributed by atoms with Crippen molar-refractivity contribution in [1.82, 2.24) is 9.80 Å². The quantitative estimate of drug-likeness (QED) is 0.922. The fourth-order valence-electron chi connectivity index (χ4n) is 2.56. The minimum absolute atomic E-state index is 0.00716. The maximum absolute atomic E-state index is 12.5. The van der Waals surface area contributed by atoms with Crippen molar-refractivity contribution < 1.29 is 14.7 Å². The zero-order chi connectivity index (χ0) is 17.0. The van der Waals surface area contributed by atoms with Crippen LogP contribution in [0.2, 0.25) is 0 Å². The number of likely N-dealkylation sites (N-methyl/N-ethyl adjacent to an activating group) is 2. The Morgan fingerprint density at radius 2 is 1.61 bits per heavy atom. The van der Waals surface area contributed by atoms with E-state index in [9.17, 15) is 14.7 Å². The van der Waals surface area contributed by atoms with Crippen LogP contribution in [0.5, 0.6) is 5.75 Å². The first kappa shape index (κ1) is 16.8. The lowest BCUT2D eigenvalue weighted by molar-refractivity contribution is -0.131. The van der Waals surface area contributed by atoms with Crippen molar-refractivity contribution in [2.24, 2.45) is 0 Å². The summed E-state index contributed by atoms with van der Waals surface area (Å²) in [6.45, 7) is 5.01. The van der Waals surface area contributed by atoms with Gasteiger partial charge in [-0.1, -0.05) is 24.3 Å². The van der Waals surface area contributed by atoms with Crippen molar-refractivity contribution in [2.75, 3.05) is 26.7 Å². The molecule has 0 saturated heterocycles. The first-order chi connectivity index (χ1) is 11.0. The normalized spacial score (nSPS) is 10.6. The van der Waals surface area contributed by atoms with Crippen LogP contribution in [0.4, 0.5) is 0 Å². The fraction of sp³-hybridized carbons (Fsp3) is 0.333. The molecule has 0 aliphatic rings. The van der Waals surface area contributed by atoms with Crippen LogP contribution in [-0.2, 0) is 4.79 Å². The number of aromatic hydroxyl groups is 1. The molecule has 5 nitrogen and oxygen atoms in total. The van der Waals surface area contributed by atoms with E-state index in [0.29, 0.717) is 13.1 Å². The molecule has 2 aromatic carbocycles. The molecule has 122 valence electrons. The fourth-order valence-corrected chi connectivity index (χ4v) is 2.56. The topological polar surface area (TPSA) is 60.9 Å². The molecule has 0 atom stereocenters. The van der Waals surface area contributed by atoms with Crippen molar-refractivity contribution in [3.8, 4) is 5.75 Å². The molecule has 0 radical (unpaired) electrons. The molecule has 2 aromatic rings. The number of carbonyl (C=O) groups excluding carboxylic acids is 2. The Bertz CT molecular complexity index is 723. The lowest BCUT2D eigenvalue weighted by Crippen LogP contribution is -2.41. The lowest BCUT2D eigenvalue weighted by Gasteiger charge is -2.23. The Balaban J connectivity index is 2.22. The van der Waals surface area contributed by atoms with Gasteiger partial charge in [0, 0.05) is 20.1 Å². The average Bonchev–Trinajstić information content (AvgIpc) is 2.54. The van der Waals surface area contributed by atoms with Crippen LogP contribution < -0.4 is 0 Å². The lowest BCUT2D eigenvalue weighted by atomic mass is 10.1. The molecule has 0 saturated carbocycles. The Morgan fingerprint density at radius 1 is 1.04 bits per heavy atom. The highest BCUT2D eigenvalue weighted by atomic mass is 16.3. The van der Waals surface area contributed by atoms with Crippen LogP contribution in [0.15, 0.2) is 36.4 Å². The minimum Gasteiger partial charge on any atom is -0.507 e. The predicted octanol–water partition coefficient (Wildman–Crippen LogP) is 2.49. The third-order valence-corrected chi connectivity index (χ3v) is 3.93. The molecule has 0 unspecified atom stereocenters. The molecular formula is C18H22N2O3. The zero-order valence-corrected chi connectivity index (χ0v) is 13.7. The molecule has 0 heterocycles. The first-order valence-corrected chi connectivity index (χ1v) is 7.72. The Labute approximate surface area is 136 Å². The maximum atomic E-state index is 12.5. The highest BCUT2D eigenvalue weighted by Crippen LogP contribution is 2.25. The zero-order valence-electron chi connectivity index (χ0n) is 13.7. The SMILES string of the molecule is CCN(CC)C(=O)CN(C)C(=O)c1cc2ccccc2cc1O. The first-order valence-electron chi connectivity index (χ1n) is 7.72. The molecular weight excluding hydrogens is 292 g/mol. The third kappa shape index (κ3) is 3.62. The number of hydrogen-bond acceptors (Lipinski definition) is 3. The molecule has 0 aliphatic carbocycles. The summed E-state index contributed by atoms with van der Waals surface area (Å²) in [6.07, 6.45) is 0. The summed E-state index contributed by atoms with van der Waals surface area (Å²) in [6, 6.07) is 10.7. The number of rotatable bonds is 5. The van der Waals surface area contributed by atoms with Crippen molar-refractivity contribution in [1.29, 1.82) is 0 Å². The van der Waals surface area contributed by atoms with Gasteiger partial charge in [-0.3, -0.25) is 9.59 Å². The van der Waals surface area contributed by atoms with E-state index in [-0.39, 0.29) is 29.7 Å². The standard InChI is InChI=1S/C18H22N2O3/c1-4-20(5-2)17(22)12-19(3)18(23)15-10-13-8-6-7-9-14(13)11-16(15)21/h6-11,21H,4-5,12H2,1-3H3. The highest BCUT2D eigenvalue weighted by Gasteiger charge is 2.20. The summed E-state index contributed by atoms with van der Waals surface area (Å²) in [4.78, 5) is 27.7. The summed E-state index contributed by atoms with van der Waals surface area (Å²) in [7, 11) is 1.57. The van der Waals surface area contributed by atoms with Gasteiger partial charge in [0.25, 0.3) is 5.91 Å². The summed E-state index contributed by atoms with van der Waals surface area (Å²) in [5, 5.41) is 11.9. The Morgan fingerprint density at radius 3 is 2.17 bits per heavy atom. The number of phenolic OH excluding ortho intramolecular Hbond substituents is 1. The van der Waals surface area contributed by atoms with E-state index >= 15 is 0 Å². The van der Waals surface area contributed by atoms with E-state index in [0.717, 1.165) is 10.8 Å². The smallest absolute Gasteiger partial charge is 0.257 e. The van der Waals surface area contributed by atoms with Gasteiger partial charge in [0.1, 0.15) is 5.75 Å². The number of benzene rings is 2. The van der Waals surface area contributed by atoms with Crippen LogP contribution in [0, 0.1) is 0 Å².